The molecule has 0 aliphatic carbocycles. The van der Waals surface area contributed by atoms with Gasteiger partial charge >= 0.3 is 5.97 Å². The molecule has 2 aromatic carbocycles. The Hall–Kier alpha value is -3.43. The Kier molecular flexibility index (Phi) is 7.99. The Morgan fingerprint density at radius 1 is 1.29 bits per heavy atom. The summed E-state index contributed by atoms with van der Waals surface area (Å²) in [4.78, 5) is 18.4. The highest BCUT2D eigenvalue weighted by molar-refractivity contribution is 5.83. The summed E-state index contributed by atoms with van der Waals surface area (Å²) in [5.41, 5.74) is 3.41. The molecule has 5 nitrogen and oxygen atoms in total. The number of carboxylic acids is 1. The third kappa shape index (κ3) is 6.17. The first kappa shape index (κ1) is 24.7. The number of carbonyl (C=O) groups is 1. The lowest BCUT2D eigenvalue weighted by molar-refractivity contribution is -0.146. The molecule has 35 heavy (non-hydrogen) atoms. The van der Waals surface area contributed by atoms with Crippen molar-refractivity contribution in [2.75, 3.05) is 26.7 Å². The number of ether oxygens (including phenoxy) is 1. The lowest BCUT2D eigenvalue weighted by atomic mass is 9.81. The summed E-state index contributed by atoms with van der Waals surface area (Å²) >= 11 is 0. The number of hydrogen-bond acceptors (Lipinski definition) is 4. The first-order valence-electron chi connectivity index (χ1n) is 12.0. The molecule has 1 aliphatic rings. The third-order valence-corrected chi connectivity index (χ3v) is 6.82. The Balaban J connectivity index is 1.38. The van der Waals surface area contributed by atoms with Gasteiger partial charge in [-0.15, -0.1) is 0 Å². The van der Waals surface area contributed by atoms with Crippen LogP contribution in [0, 0.1) is 30.6 Å². The van der Waals surface area contributed by atoms with E-state index in [2.05, 4.69) is 21.7 Å². The van der Waals surface area contributed by atoms with Crippen LogP contribution in [0.1, 0.15) is 42.1 Å². The molecule has 0 saturated carbocycles. The van der Waals surface area contributed by atoms with E-state index < -0.39 is 18.1 Å². The van der Waals surface area contributed by atoms with Crippen LogP contribution in [0.3, 0.4) is 0 Å². The fourth-order valence-corrected chi connectivity index (χ4v) is 4.88. The molecule has 3 atom stereocenters. The van der Waals surface area contributed by atoms with E-state index in [1.807, 2.05) is 43.3 Å². The standard InChI is InChI=1S/C29H31FN2O3/c1-20-5-3-6-21(17-20)7-4-15-32-16-13-22(26(19-32)29(33)34)8-10-27(30)24-12-14-31-28-11-9-23(35-2)18-25(24)28/h3,5-6,9,11-12,14,17-18,22,26-27H,8,10,13,15-16,19H2,1-2H3,(H,33,34)/t22-,26+,27+/m1/s1. The maximum atomic E-state index is 15.4. The van der Waals surface area contributed by atoms with E-state index in [1.54, 1.807) is 25.4 Å². The van der Waals surface area contributed by atoms with E-state index in [-0.39, 0.29) is 12.3 Å². The summed E-state index contributed by atoms with van der Waals surface area (Å²) in [6.45, 7) is 3.77. The first-order valence-corrected chi connectivity index (χ1v) is 12.0. The number of carboxylic acid groups (broad SMARTS) is 1. The maximum Gasteiger partial charge on any atom is 0.308 e. The van der Waals surface area contributed by atoms with Crippen molar-refractivity contribution in [1.29, 1.82) is 0 Å². The molecule has 0 amide bonds. The summed E-state index contributed by atoms with van der Waals surface area (Å²) in [7, 11) is 1.58. The predicted molar refractivity (Wildman–Crippen MR) is 135 cm³/mol. The van der Waals surface area contributed by atoms with Gasteiger partial charge in [0.25, 0.3) is 0 Å². The molecule has 0 bridgehead atoms. The molecule has 0 spiro atoms. The Bertz CT molecular complexity index is 1250. The Labute approximate surface area is 205 Å². The second kappa shape index (κ2) is 11.3. The summed E-state index contributed by atoms with van der Waals surface area (Å²) in [5.74, 6) is 5.60. The van der Waals surface area contributed by atoms with Crippen LogP contribution in [0.5, 0.6) is 5.75 Å². The van der Waals surface area contributed by atoms with Gasteiger partial charge in [-0.05, 0) is 86.2 Å². The Morgan fingerprint density at radius 3 is 2.91 bits per heavy atom. The molecule has 1 aromatic heterocycles. The van der Waals surface area contributed by atoms with Gasteiger partial charge in [0.1, 0.15) is 11.9 Å². The first-order chi connectivity index (χ1) is 16.9. The minimum Gasteiger partial charge on any atom is -0.497 e. The zero-order valence-electron chi connectivity index (χ0n) is 20.2. The number of nitrogens with zero attached hydrogens (tertiary/aromatic N) is 2. The zero-order valence-corrected chi connectivity index (χ0v) is 20.2. The van der Waals surface area contributed by atoms with E-state index in [1.165, 1.54) is 0 Å². The fraction of sp³-hybridized carbons (Fsp3) is 0.379. The van der Waals surface area contributed by atoms with Gasteiger partial charge in [-0.3, -0.25) is 14.7 Å². The van der Waals surface area contributed by atoms with Crippen molar-refractivity contribution in [1.82, 2.24) is 9.88 Å². The van der Waals surface area contributed by atoms with Crippen LogP contribution in [-0.2, 0) is 4.79 Å². The molecule has 1 aliphatic heterocycles. The van der Waals surface area contributed by atoms with E-state index in [4.69, 9.17) is 4.74 Å². The van der Waals surface area contributed by atoms with Crippen LogP contribution < -0.4 is 4.74 Å². The molecule has 1 saturated heterocycles. The number of halogens is 1. The number of alkyl halides is 1. The quantitative estimate of drug-likeness (QED) is 0.464. The molecule has 1 fully saturated rings. The van der Waals surface area contributed by atoms with Crippen LogP contribution >= 0.6 is 0 Å². The number of pyridine rings is 1. The number of aryl methyl sites for hydroxylation is 1. The number of piperidine rings is 1. The minimum atomic E-state index is -1.19. The lowest BCUT2D eigenvalue weighted by Crippen LogP contribution is -2.44. The van der Waals surface area contributed by atoms with Crippen LogP contribution in [0.25, 0.3) is 10.9 Å². The number of aromatic nitrogens is 1. The minimum absolute atomic E-state index is 0.0608. The van der Waals surface area contributed by atoms with Gasteiger partial charge < -0.3 is 9.84 Å². The monoisotopic (exact) mass is 474 g/mol. The number of rotatable bonds is 7. The number of aliphatic carboxylic acids is 1. The molecule has 3 aromatic rings. The van der Waals surface area contributed by atoms with Crippen LogP contribution in [0.4, 0.5) is 4.39 Å². The summed E-state index contributed by atoms with van der Waals surface area (Å²) in [5, 5.41) is 10.6. The molecule has 0 radical (unpaired) electrons. The fourth-order valence-electron chi connectivity index (χ4n) is 4.88. The second-order valence-electron chi connectivity index (χ2n) is 9.23. The molecule has 1 N–H and O–H groups in total. The van der Waals surface area contributed by atoms with Crippen molar-refractivity contribution < 1.29 is 19.0 Å². The van der Waals surface area contributed by atoms with Crippen molar-refractivity contribution in [2.45, 2.75) is 32.4 Å². The summed E-state index contributed by atoms with van der Waals surface area (Å²) in [6, 6.07) is 15.2. The summed E-state index contributed by atoms with van der Waals surface area (Å²) < 4.78 is 20.7. The van der Waals surface area contributed by atoms with Gasteiger partial charge in [0.2, 0.25) is 0 Å². The summed E-state index contributed by atoms with van der Waals surface area (Å²) in [6.07, 6.45) is 1.95. The number of benzene rings is 2. The topological polar surface area (TPSA) is 62.7 Å². The van der Waals surface area contributed by atoms with Crippen molar-refractivity contribution in [2.24, 2.45) is 11.8 Å². The van der Waals surface area contributed by atoms with E-state index in [0.29, 0.717) is 30.8 Å². The lowest BCUT2D eigenvalue weighted by Gasteiger charge is -2.35. The molecule has 182 valence electrons. The largest absolute Gasteiger partial charge is 0.497 e. The number of fused-ring (bicyclic) bond motifs is 1. The highest BCUT2D eigenvalue weighted by Gasteiger charge is 2.34. The SMILES string of the molecule is COc1ccc2nccc([C@@H](F)CC[C@@H]3CCN(CC#Cc4cccc(C)c4)C[C@@H]3C(=O)O)c2c1. The zero-order chi connectivity index (χ0) is 24.8. The van der Waals surface area contributed by atoms with Gasteiger partial charge in [-0.25, -0.2) is 4.39 Å². The van der Waals surface area contributed by atoms with E-state index in [0.717, 1.165) is 35.0 Å². The van der Waals surface area contributed by atoms with Gasteiger partial charge in [-0.2, -0.15) is 0 Å². The number of likely N-dealkylation sites (tertiary alicyclic amines) is 1. The van der Waals surface area contributed by atoms with Gasteiger partial charge in [0, 0.05) is 23.7 Å². The average molecular weight is 475 g/mol. The molecular formula is C29H31FN2O3. The molecule has 6 heteroatoms. The predicted octanol–water partition coefficient (Wildman–Crippen LogP) is 5.42. The highest BCUT2D eigenvalue weighted by Crippen LogP contribution is 2.35. The van der Waals surface area contributed by atoms with E-state index in [9.17, 15) is 9.90 Å². The average Bonchev–Trinajstić information content (AvgIpc) is 2.87. The van der Waals surface area contributed by atoms with E-state index >= 15 is 4.39 Å². The van der Waals surface area contributed by atoms with Crippen molar-refractivity contribution >= 4 is 16.9 Å². The number of methoxy groups -OCH3 is 1. The Morgan fingerprint density at radius 2 is 2.14 bits per heavy atom. The molecule has 4 rings (SSSR count). The molecular weight excluding hydrogens is 443 g/mol. The second-order valence-corrected chi connectivity index (χ2v) is 9.23. The highest BCUT2D eigenvalue weighted by atomic mass is 19.1. The third-order valence-electron chi connectivity index (χ3n) is 6.82. The van der Waals surface area contributed by atoms with Crippen LogP contribution in [0.2, 0.25) is 0 Å². The molecule has 0 unspecified atom stereocenters. The number of hydrogen-bond donors (Lipinski definition) is 1. The smallest absolute Gasteiger partial charge is 0.308 e. The normalized spacial score (nSPS) is 19.1. The van der Waals surface area contributed by atoms with Gasteiger partial charge in [0.15, 0.2) is 0 Å². The van der Waals surface area contributed by atoms with Crippen molar-refractivity contribution in [3.63, 3.8) is 0 Å². The van der Waals surface area contributed by atoms with Crippen LogP contribution in [0.15, 0.2) is 54.7 Å². The van der Waals surface area contributed by atoms with Gasteiger partial charge in [0.05, 0.1) is 25.1 Å². The van der Waals surface area contributed by atoms with Gasteiger partial charge in [-0.1, -0.05) is 24.0 Å². The van der Waals surface area contributed by atoms with Crippen LogP contribution in [-0.4, -0.2) is 47.7 Å². The molecule has 2 heterocycles. The van der Waals surface area contributed by atoms with Crippen molar-refractivity contribution in [3.05, 3.63) is 71.4 Å². The van der Waals surface area contributed by atoms with Crippen molar-refractivity contribution in [3.8, 4) is 17.6 Å². The maximum absolute atomic E-state index is 15.4.